The van der Waals surface area contributed by atoms with E-state index < -0.39 is 0 Å². The molecule has 1 saturated carbocycles. The van der Waals surface area contributed by atoms with Crippen molar-refractivity contribution >= 4 is 0 Å². The topological polar surface area (TPSA) is 38.5 Å². The van der Waals surface area contributed by atoms with Gasteiger partial charge in [0.25, 0.3) is 0 Å². The van der Waals surface area contributed by atoms with Crippen molar-refractivity contribution in [2.45, 2.75) is 63.0 Å². The summed E-state index contributed by atoms with van der Waals surface area (Å²) in [5.41, 5.74) is 6.63. The van der Waals surface area contributed by atoms with Crippen molar-refractivity contribution in [3.63, 3.8) is 0 Å². The molecule has 0 aromatic rings. The fraction of sp³-hybridized carbons (Fsp3) is 1.00. The van der Waals surface area contributed by atoms with Gasteiger partial charge in [0.05, 0.1) is 6.10 Å². The number of likely N-dealkylation sites (tertiary alicyclic amines) is 1. The quantitative estimate of drug-likeness (QED) is 0.818. The molecule has 0 unspecified atom stereocenters. The predicted octanol–water partition coefficient (Wildman–Crippen LogP) is 2.15. The van der Waals surface area contributed by atoms with Gasteiger partial charge in [0.15, 0.2) is 0 Å². The highest BCUT2D eigenvalue weighted by molar-refractivity contribution is 4.88. The van der Waals surface area contributed by atoms with E-state index in [4.69, 9.17) is 10.5 Å². The van der Waals surface area contributed by atoms with Crippen molar-refractivity contribution in [3.05, 3.63) is 0 Å². The van der Waals surface area contributed by atoms with E-state index in [9.17, 15) is 0 Å². The van der Waals surface area contributed by atoms with Gasteiger partial charge in [-0.2, -0.15) is 0 Å². The molecule has 2 fully saturated rings. The summed E-state index contributed by atoms with van der Waals surface area (Å²) in [6, 6.07) is 0. The van der Waals surface area contributed by atoms with E-state index >= 15 is 0 Å². The number of hydrogen-bond donors (Lipinski definition) is 1. The van der Waals surface area contributed by atoms with Crippen molar-refractivity contribution in [1.82, 2.24) is 4.90 Å². The Morgan fingerprint density at radius 2 is 1.82 bits per heavy atom. The molecule has 1 heterocycles. The molecule has 0 bridgehead atoms. The van der Waals surface area contributed by atoms with Crippen LogP contribution in [0.2, 0.25) is 0 Å². The lowest BCUT2D eigenvalue weighted by molar-refractivity contribution is 0.0383. The van der Waals surface area contributed by atoms with Gasteiger partial charge in [-0.3, -0.25) is 0 Å². The molecule has 1 aliphatic carbocycles. The second-order valence-corrected chi connectivity index (χ2v) is 5.95. The molecule has 3 heteroatoms. The van der Waals surface area contributed by atoms with Gasteiger partial charge in [-0.1, -0.05) is 19.3 Å². The second kappa shape index (κ2) is 6.17. The summed E-state index contributed by atoms with van der Waals surface area (Å²) in [6.07, 6.45) is 10.6. The summed E-state index contributed by atoms with van der Waals surface area (Å²) in [5, 5.41) is 0. The van der Waals surface area contributed by atoms with Crippen LogP contribution in [0.1, 0.15) is 51.4 Å². The minimum absolute atomic E-state index is 0.149. The lowest BCUT2D eigenvalue weighted by Gasteiger charge is -2.37. The largest absolute Gasteiger partial charge is 0.381 e. The van der Waals surface area contributed by atoms with Gasteiger partial charge in [0.2, 0.25) is 0 Å². The van der Waals surface area contributed by atoms with Crippen molar-refractivity contribution in [2.24, 2.45) is 5.73 Å². The molecule has 1 aliphatic heterocycles. The summed E-state index contributed by atoms with van der Waals surface area (Å²) >= 11 is 0. The van der Waals surface area contributed by atoms with Crippen LogP contribution in [-0.4, -0.2) is 43.3 Å². The van der Waals surface area contributed by atoms with Crippen molar-refractivity contribution in [3.8, 4) is 0 Å². The zero-order valence-electron chi connectivity index (χ0n) is 11.3. The normalized spacial score (nSPS) is 27.2. The third-order valence-corrected chi connectivity index (χ3v) is 4.64. The van der Waals surface area contributed by atoms with Crippen molar-refractivity contribution in [2.75, 3.05) is 26.7 Å². The lowest BCUT2D eigenvalue weighted by atomic mass is 9.80. The fourth-order valence-corrected chi connectivity index (χ4v) is 3.26. The number of rotatable bonds is 4. The van der Waals surface area contributed by atoms with Crippen LogP contribution >= 0.6 is 0 Å². The van der Waals surface area contributed by atoms with E-state index in [1.54, 1.807) is 0 Å². The first-order valence-corrected chi connectivity index (χ1v) is 7.26. The number of hydrogen-bond acceptors (Lipinski definition) is 3. The Labute approximate surface area is 106 Å². The molecule has 3 nitrogen and oxygen atoms in total. The van der Waals surface area contributed by atoms with E-state index in [1.807, 2.05) is 7.11 Å². The highest BCUT2D eigenvalue weighted by Crippen LogP contribution is 2.29. The average molecular weight is 240 g/mol. The first-order valence-electron chi connectivity index (χ1n) is 7.26. The van der Waals surface area contributed by atoms with Crippen molar-refractivity contribution in [1.29, 1.82) is 0 Å². The highest BCUT2D eigenvalue weighted by Gasteiger charge is 2.28. The maximum Gasteiger partial charge on any atom is 0.0595 e. The van der Waals surface area contributed by atoms with Gasteiger partial charge < -0.3 is 15.4 Å². The van der Waals surface area contributed by atoms with Crippen LogP contribution in [-0.2, 0) is 4.74 Å². The van der Waals surface area contributed by atoms with E-state index in [1.165, 1.54) is 71.0 Å². The Bertz CT molecular complexity index is 218. The third kappa shape index (κ3) is 3.94. The number of nitrogens with two attached hydrogens (primary N) is 1. The smallest absolute Gasteiger partial charge is 0.0595 e. The van der Waals surface area contributed by atoms with E-state index in [2.05, 4.69) is 4.90 Å². The van der Waals surface area contributed by atoms with Gasteiger partial charge in [-0.15, -0.1) is 0 Å². The molecule has 100 valence electrons. The van der Waals surface area contributed by atoms with Crippen LogP contribution in [0.25, 0.3) is 0 Å². The van der Waals surface area contributed by atoms with Crippen LogP contribution in [0, 0.1) is 0 Å². The molecule has 0 atom stereocenters. The van der Waals surface area contributed by atoms with Crippen LogP contribution in [0.3, 0.4) is 0 Å². The zero-order valence-corrected chi connectivity index (χ0v) is 11.3. The molecule has 2 N–H and O–H groups in total. The molecule has 17 heavy (non-hydrogen) atoms. The Morgan fingerprint density at radius 3 is 2.41 bits per heavy atom. The van der Waals surface area contributed by atoms with E-state index in [0.717, 1.165) is 0 Å². The first kappa shape index (κ1) is 13.3. The van der Waals surface area contributed by atoms with Crippen LogP contribution in [0.15, 0.2) is 0 Å². The summed E-state index contributed by atoms with van der Waals surface area (Å²) in [4.78, 5) is 2.57. The van der Waals surface area contributed by atoms with Gasteiger partial charge in [-0.25, -0.2) is 0 Å². The molecule has 0 radical (unpaired) electrons. The minimum atomic E-state index is 0.149. The van der Waals surface area contributed by atoms with Crippen LogP contribution in [0.4, 0.5) is 0 Å². The Balaban J connectivity index is 1.68. The van der Waals surface area contributed by atoms with Gasteiger partial charge in [0, 0.05) is 25.7 Å². The molecule has 0 aromatic heterocycles. The number of methoxy groups -OCH3 is 1. The summed E-state index contributed by atoms with van der Waals surface area (Å²) in [7, 11) is 1.83. The average Bonchev–Trinajstić information content (AvgIpc) is 2.38. The van der Waals surface area contributed by atoms with Gasteiger partial charge in [0.1, 0.15) is 0 Å². The molecule has 2 aliphatic rings. The Hall–Kier alpha value is -0.120. The Kier molecular flexibility index (Phi) is 4.83. The minimum Gasteiger partial charge on any atom is -0.381 e. The van der Waals surface area contributed by atoms with Gasteiger partial charge >= 0.3 is 0 Å². The molecular formula is C14H28N2O. The fourth-order valence-electron chi connectivity index (χ4n) is 3.26. The third-order valence-electron chi connectivity index (χ3n) is 4.64. The van der Waals surface area contributed by atoms with Crippen molar-refractivity contribution < 1.29 is 4.74 Å². The summed E-state index contributed by atoms with van der Waals surface area (Å²) < 4.78 is 5.40. The van der Waals surface area contributed by atoms with E-state index in [-0.39, 0.29) is 5.54 Å². The zero-order chi connectivity index (χ0) is 12.1. The maximum absolute atomic E-state index is 6.48. The maximum atomic E-state index is 6.48. The molecule has 1 saturated heterocycles. The second-order valence-electron chi connectivity index (χ2n) is 5.95. The monoisotopic (exact) mass is 240 g/mol. The van der Waals surface area contributed by atoms with Crippen LogP contribution in [0.5, 0.6) is 0 Å². The molecular weight excluding hydrogens is 212 g/mol. The first-order chi connectivity index (χ1) is 8.22. The molecule has 2 rings (SSSR count). The number of nitrogens with zero attached hydrogens (tertiary/aromatic N) is 1. The van der Waals surface area contributed by atoms with E-state index in [0.29, 0.717) is 6.10 Å². The Morgan fingerprint density at radius 1 is 1.18 bits per heavy atom. The molecule has 0 amide bonds. The molecule has 0 spiro atoms. The SMILES string of the molecule is COC1CCN(CCC2(N)CCCCC2)CC1. The number of piperidine rings is 1. The summed E-state index contributed by atoms with van der Waals surface area (Å²) in [6.45, 7) is 3.57. The standard InChI is InChI=1S/C14H28N2O/c1-17-13-5-10-16(11-6-13)12-9-14(15)7-3-2-4-8-14/h13H,2-12,15H2,1H3. The summed E-state index contributed by atoms with van der Waals surface area (Å²) in [5.74, 6) is 0. The number of ether oxygens (including phenoxy) is 1. The highest BCUT2D eigenvalue weighted by atomic mass is 16.5. The predicted molar refractivity (Wildman–Crippen MR) is 71.1 cm³/mol. The molecule has 0 aromatic carbocycles. The van der Waals surface area contributed by atoms with Crippen LogP contribution < -0.4 is 5.73 Å². The van der Waals surface area contributed by atoms with Gasteiger partial charge in [-0.05, 0) is 38.6 Å². The lowest BCUT2D eigenvalue weighted by Crippen LogP contribution is -2.46.